The molecule has 2 heterocycles. The number of aromatic nitrogens is 2. The van der Waals surface area contributed by atoms with Gasteiger partial charge in [-0.3, -0.25) is 14.3 Å². The first-order chi connectivity index (χ1) is 26.1. The lowest BCUT2D eigenvalue weighted by molar-refractivity contribution is -0.0926. The zero-order chi connectivity index (χ0) is 38.8. The largest absolute Gasteiger partial charge is 0.497 e. The fourth-order valence-corrected chi connectivity index (χ4v) is 8.41. The summed E-state index contributed by atoms with van der Waals surface area (Å²) in [5, 5.41) is 9.30. The van der Waals surface area contributed by atoms with Crippen molar-refractivity contribution in [1.29, 1.82) is 5.26 Å². The first kappa shape index (κ1) is 40.6. The number of nitrogens with one attached hydrogen (secondary N) is 1. The van der Waals surface area contributed by atoms with E-state index in [0.29, 0.717) is 11.5 Å². The van der Waals surface area contributed by atoms with Gasteiger partial charge < -0.3 is 32.7 Å². The van der Waals surface area contributed by atoms with Crippen LogP contribution < -0.4 is 25.5 Å². The van der Waals surface area contributed by atoms with Crippen molar-refractivity contribution >= 4 is 8.53 Å². The average Bonchev–Trinajstić information content (AvgIpc) is 3.57. The topological polar surface area (TPSA) is 146 Å². The van der Waals surface area contributed by atoms with Crippen molar-refractivity contribution in [3.63, 3.8) is 0 Å². The molecule has 13 nitrogen and oxygen atoms in total. The second kappa shape index (κ2) is 18.7. The lowest BCUT2D eigenvalue weighted by atomic mass is 9.80. The molecule has 4 aromatic rings. The summed E-state index contributed by atoms with van der Waals surface area (Å²) < 4.78 is 46.7. The smallest absolute Gasteiger partial charge is 0.330 e. The molecule has 1 unspecified atom stereocenters. The highest BCUT2D eigenvalue weighted by Crippen LogP contribution is 2.50. The summed E-state index contributed by atoms with van der Waals surface area (Å²) in [6.45, 7) is 8.43. The van der Waals surface area contributed by atoms with Crippen LogP contribution in [0, 0.1) is 11.3 Å². The Balaban J connectivity index is 1.61. The van der Waals surface area contributed by atoms with Gasteiger partial charge in [-0.15, -0.1) is 0 Å². The first-order valence-corrected chi connectivity index (χ1v) is 19.0. The van der Waals surface area contributed by atoms with Crippen molar-refractivity contribution in [3.05, 3.63) is 123 Å². The molecule has 3 aromatic carbocycles. The summed E-state index contributed by atoms with van der Waals surface area (Å²) in [6, 6.07) is 27.6. The Bertz CT molecular complexity index is 1890. The standard InChI is InChI=1S/C40H49N4O9P/c1-27(2)44(28(3)4)54(51-23-11-22-41)53-34-24-37(43-25-35(49-7)38(45)42-39(43)46)52-36(34)26-50-40(29-12-9-8-10-13-29,30-14-18-32(47-5)19-15-30)31-16-20-33(48-6)21-17-31/h8-10,12-21,25,27-28,34,36-37H,11,23-24,26H2,1-7H3,(H,42,45,46)/t34-,36+,37+,54?/m0/s1. The summed E-state index contributed by atoms with van der Waals surface area (Å²) in [5.41, 5.74) is 0.0820. The van der Waals surface area contributed by atoms with E-state index in [9.17, 15) is 14.9 Å². The number of hydrogen-bond acceptors (Lipinski definition) is 11. The van der Waals surface area contributed by atoms with Crippen molar-refractivity contribution in [2.45, 2.75) is 76.7 Å². The first-order valence-electron chi connectivity index (χ1n) is 17.8. The Morgan fingerprint density at radius 3 is 1.98 bits per heavy atom. The van der Waals surface area contributed by atoms with Crippen molar-refractivity contribution in [2.24, 2.45) is 0 Å². The van der Waals surface area contributed by atoms with Crippen LogP contribution >= 0.6 is 8.53 Å². The predicted octanol–water partition coefficient (Wildman–Crippen LogP) is 6.52. The number of H-pyrrole nitrogens is 1. The molecule has 1 aliphatic rings. The normalized spacial score (nSPS) is 17.8. The molecule has 4 atom stereocenters. The molecule has 0 saturated carbocycles. The van der Waals surface area contributed by atoms with E-state index in [0.717, 1.165) is 16.7 Å². The van der Waals surface area contributed by atoms with Crippen LogP contribution in [0.3, 0.4) is 0 Å². The van der Waals surface area contributed by atoms with Gasteiger partial charge in [0.15, 0.2) is 0 Å². The van der Waals surface area contributed by atoms with Crippen molar-refractivity contribution in [2.75, 3.05) is 34.5 Å². The van der Waals surface area contributed by atoms with Gasteiger partial charge in [0.05, 0.1) is 59.3 Å². The Morgan fingerprint density at radius 1 is 0.889 bits per heavy atom. The zero-order valence-electron chi connectivity index (χ0n) is 31.8. The van der Waals surface area contributed by atoms with Gasteiger partial charge in [0.25, 0.3) is 14.1 Å². The van der Waals surface area contributed by atoms with E-state index in [2.05, 4.69) is 43.4 Å². The van der Waals surface area contributed by atoms with Gasteiger partial charge in [-0.25, -0.2) is 9.46 Å². The summed E-state index contributed by atoms with van der Waals surface area (Å²) in [4.78, 5) is 27.9. The van der Waals surface area contributed by atoms with E-state index in [1.54, 1.807) is 14.2 Å². The van der Waals surface area contributed by atoms with E-state index in [1.165, 1.54) is 17.9 Å². The molecule has 5 rings (SSSR count). The van der Waals surface area contributed by atoms with Crippen molar-refractivity contribution < 1.29 is 32.7 Å². The van der Waals surface area contributed by atoms with Crippen molar-refractivity contribution in [3.8, 4) is 23.3 Å². The molecule has 54 heavy (non-hydrogen) atoms. The predicted molar refractivity (Wildman–Crippen MR) is 205 cm³/mol. The molecule has 0 radical (unpaired) electrons. The van der Waals surface area contributed by atoms with Gasteiger partial charge in [-0.2, -0.15) is 5.26 Å². The third kappa shape index (κ3) is 9.04. The zero-order valence-corrected chi connectivity index (χ0v) is 32.7. The van der Waals surface area contributed by atoms with E-state index < -0.39 is 43.8 Å². The molecule has 1 N–H and O–H groups in total. The molecule has 0 aliphatic carbocycles. The number of hydrogen-bond donors (Lipinski definition) is 1. The van der Waals surface area contributed by atoms with Crippen LogP contribution in [0.5, 0.6) is 17.2 Å². The molecular weight excluding hydrogens is 711 g/mol. The van der Waals surface area contributed by atoms with Gasteiger partial charge in [0, 0.05) is 18.5 Å². The van der Waals surface area contributed by atoms with Crippen LogP contribution in [-0.4, -0.2) is 73.1 Å². The number of rotatable bonds is 18. The molecule has 1 aliphatic heterocycles. The Morgan fingerprint density at radius 2 is 1.46 bits per heavy atom. The summed E-state index contributed by atoms with van der Waals surface area (Å²) >= 11 is 0. The third-order valence-electron chi connectivity index (χ3n) is 9.17. The SMILES string of the molecule is COc1ccc(C(OC[C@H]2O[C@@H](n3cc(OC)c(=O)[nH]c3=O)C[C@@H]2OP(OCCC#N)N(C(C)C)C(C)C)(c2ccccc2)c2ccc(OC)cc2)cc1. The fourth-order valence-electron chi connectivity index (χ4n) is 6.65. The second-order valence-corrected chi connectivity index (χ2v) is 14.6. The van der Waals surface area contributed by atoms with Crippen LogP contribution in [-0.2, 0) is 24.1 Å². The molecule has 0 spiro atoms. The van der Waals surface area contributed by atoms with E-state index >= 15 is 0 Å². The number of ether oxygens (including phenoxy) is 5. The minimum absolute atomic E-state index is 0.00802. The molecule has 1 aromatic heterocycles. The number of methoxy groups -OCH3 is 3. The Kier molecular flexibility index (Phi) is 14.1. The molecule has 288 valence electrons. The van der Waals surface area contributed by atoms with Crippen LogP contribution in [0.1, 0.15) is 63.5 Å². The lowest BCUT2D eigenvalue weighted by Crippen LogP contribution is -2.39. The summed E-state index contributed by atoms with van der Waals surface area (Å²) in [6.07, 6.45) is -0.471. The molecule has 0 amide bonds. The summed E-state index contributed by atoms with van der Waals surface area (Å²) in [5.74, 6) is 1.35. The van der Waals surface area contributed by atoms with Crippen LogP contribution in [0.15, 0.2) is 94.6 Å². The van der Waals surface area contributed by atoms with Crippen LogP contribution in [0.4, 0.5) is 0 Å². The van der Waals surface area contributed by atoms with E-state index in [1.807, 2.05) is 78.9 Å². The minimum Gasteiger partial charge on any atom is -0.497 e. The molecule has 1 fully saturated rings. The molecule has 14 heteroatoms. The number of benzene rings is 3. The maximum Gasteiger partial charge on any atom is 0.330 e. The molecular formula is C40H49N4O9P. The van der Waals surface area contributed by atoms with Gasteiger partial charge in [0.1, 0.15) is 29.4 Å². The van der Waals surface area contributed by atoms with E-state index in [-0.39, 0.29) is 43.9 Å². The lowest BCUT2D eigenvalue weighted by Gasteiger charge is -2.39. The van der Waals surface area contributed by atoms with Gasteiger partial charge >= 0.3 is 5.69 Å². The van der Waals surface area contributed by atoms with Gasteiger partial charge in [-0.05, 0) is 68.7 Å². The van der Waals surface area contributed by atoms with E-state index in [4.69, 9.17) is 32.7 Å². The number of nitrogens with zero attached hydrogens (tertiary/aromatic N) is 3. The Labute approximate surface area is 317 Å². The number of aromatic amines is 1. The highest BCUT2D eigenvalue weighted by Gasteiger charge is 2.45. The third-order valence-corrected chi connectivity index (χ3v) is 11.3. The van der Waals surface area contributed by atoms with Gasteiger partial charge in [-0.1, -0.05) is 54.6 Å². The fraction of sp³-hybridized carbons (Fsp3) is 0.425. The quantitative estimate of drug-likeness (QED) is 0.0672. The Hall–Kier alpha value is -4.54. The highest BCUT2D eigenvalue weighted by molar-refractivity contribution is 7.44. The second-order valence-electron chi connectivity index (χ2n) is 13.2. The molecule has 0 bridgehead atoms. The highest BCUT2D eigenvalue weighted by atomic mass is 31.2. The minimum atomic E-state index is -1.69. The number of nitriles is 1. The molecule has 1 saturated heterocycles. The van der Waals surface area contributed by atoms with Crippen LogP contribution in [0.2, 0.25) is 0 Å². The maximum atomic E-state index is 13.2. The van der Waals surface area contributed by atoms with Crippen molar-refractivity contribution in [1.82, 2.24) is 14.2 Å². The van der Waals surface area contributed by atoms with Crippen LogP contribution in [0.25, 0.3) is 0 Å². The average molecular weight is 761 g/mol. The van der Waals surface area contributed by atoms with Gasteiger partial charge in [0.2, 0.25) is 5.75 Å². The summed E-state index contributed by atoms with van der Waals surface area (Å²) in [7, 11) is 2.90. The maximum absolute atomic E-state index is 13.2. The monoisotopic (exact) mass is 760 g/mol.